The Labute approximate surface area is 125 Å². The fraction of sp³-hybridized carbons (Fsp3) is 0.800. The lowest BCUT2D eigenvalue weighted by molar-refractivity contribution is -0.142. The van der Waals surface area contributed by atoms with Crippen LogP contribution in [0.15, 0.2) is 0 Å². The van der Waals surface area contributed by atoms with Crippen LogP contribution in [-0.4, -0.2) is 48.6 Å². The van der Waals surface area contributed by atoms with Crippen molar-refractivity contribution in [2.75, 3.05) is 20.7 Å². The van der Waals surface area contributed by atoms with Gasteiger partial charge in [-0.1, -0.05) is 19.3 Å². The summed E-state index contributed by atoms with van der Waals surface area (Å²) in [5.74, 6) is -1.29. The third-order valence-electron chi connectivity index (χ3n) is 4.27. The van der Waals surface area contributed by atoms with Gasteiger partial charge < -0.3 is 14.7 Å². The number of carbonyl (C=O) groups is 3. The van der Waals surface area contributed by atoms with Crippen LogP contribution in [0.25, 0.3) is 0 Å². The minimum atomic E-state index is -0.845. The van der Waals surface area contributed by atoms with Crippen LogP contribution < -0.4 is 0 Å². The zero-order valence-corrected chi connectivity index (χ0v) is 12.9. The second-order valence-electron chi connectivity index (χ2n) is 5.95. The Balaban J connectivity index is 2.58. The second-order valence-corrected chi connectivity index (χ2v) is 5.95. The predicted molar refractivity (Wildman–Crippen MR) is 76.7 cm³/mol. The predicted octanol–water partition coefficient (Wildman–Crippen LogP) is 1.82. The first-order chi connectivity index (χ1) is 9.88. The van der Waals surface area contributed by atoms with E-state index in [1.807, 2.05) is 0 Å². The SMILES string of the molecule is COC(=O)CCN(C)C(=O)CC1(CC(=O)O)CCCCC1. The third kappa shape index (κ3) is 5.73. The van der Waals surface area contributed by atoms with Crippen LogP contribution in [0.3, 0.4) is 0 Å². The van der Waals surface area contributed by atoms with Gasteiger partial charge in [0, 0.05) is 20.0 Å². The number of hydrogen-bond donors (Lipinski definition) is 1. The van der Waals surface area contributed by atoms with E-state index < -0.39 is 11.4 Å². The molecule has 0 atom stereocenters. The fourth-order valence-corrected chi connectivity index (χ4v) is 2.98. The molecule has 1 aliphatic rings. The topological polar surface area (TPSA) is 83.9 Å². The third-order valence-corrected chi connectivity index (χ3v) is 4.27. The van der Waals surface area contributed by atoms with Crippen LogP contribution in [0.1, 0.15) is 51.4 Å². The largest absolute Gasteiger partial charge is 0.481 e. The van der Waals surface area contributed by atoms with Gasteiger partial charge in [-0.25, -0.2) is 0 Å². The number of carbonyl (C=O) groups excluding carboxylic acids is 2. The van der Waals surface area contributed by atoms with E-state index in [1.165, 1.54) is 12.0 Å². The summed E-state index contributed by atoms with van der Waals surface area (Å²) in [4.78, 5) is 36.0. The minimum absolute atomic E-state index is 0.0452. The Bertz CT molecular complexity index is 388. The zero-order valence-electron chi connectivity index (χ0n) is 12.9. The van der Waals surface area contributed by atoms with Gasteiger partial charge >= 0.3 is 11.9 Å². The van der Waals surface area contributed by atoms with Crippen molar-refractivity contribution in [2.24, 2.45) is 5.41 Å². The van der Waals surface area contributed by atoms with Crippen molar-refractivity contribution in [3.8, 4) is 0 Å². The van der Waals surface area contributed by atoms with Crippen molar-refractivity contribution < 1.29 is 24.2 Å². The molecule has 0 saturated heterocycles. The molecular formula is C15H25NO5. The van der Waals surface area contributed by atoms with Crippen LogP contribution in [0.5, 0.6) is 0 Å². The van der Waals surface area contributed by atoms with E-state index in [0.717, 1.165) is 32.1 Å². The molecule has 1 aliphatic carbocycles. The molecule has 0 heterocycles. The first-order valence-electron chi connectivity index (χ1n) is 7.41. The highest BCUT2D eigenvalue weighted by atomic mass is 16.5. The lowest BCUT2D eigenvalue weighted by Crippen LogP contribution is -2.37. The van der Waals surface area contributed by atoms with Gasteiger partial charge in [0.05, 0.1) is 20.0 Å². The monoisotopic (exact) mass is 299 g/mol. The summed E-state index contributed by atoms with van der Waals surface area (Å²) in [6.07, 6.45) is 5.09. The molecule has 0 bridgehead atoms. The Kier molecular flexibility index (Phi) is 6.65. The Morgan fingerprint density at radius 1 is 1.14 bits per heavy atom. The number of carboxylic acid groups (broad SMARTS) is 1. The van der Waals surface area contributed by atoms with Gasteiger partial charge in [0.15, 0.2) is 0 Å². The van der Waals surface area contributed by atoms with Crippen molar-refractivity contribution in [1.82, 2.24) is 4.90 Å². The molecular weight excluding hydrogens is 274 g/mol. The number of ether oxygens (including phenoxy) is 1. The number of carboxylic acids is 1. The molecule has 120 valence electrons. The highest BCUT2D eigenvalue weighted by Gasteiger charge is 2.37. The molecule has 1 saturated carbocycles. The summed E-state index contributed by atoms with van der Waals surface area (Å²) in [5.41, 5.74) is -0.416. The average Bonchev–Trinajstić information content (AvgIpc) is 2.44. The van der Waals surface area contributed by atoms with Gasteiger partial charge in [0.25, 0.3) is 0 Å². The summed E-state index contributed by atoms with van der Waals surface area (Å²) in [7, 11) is 2.95. The van der Waals surface area contributed by atoms with Gasteiger partial charge in [-0.2, -0.15) is 0 Å². The van der Waals surface area contributed by atoms with Crippen LogP contribution in [0, 0.1) is 5.41 Å². The molecule has 1 fully saturated rings. The highest BCUT2D eigenvalue weighted by molar-refractivity contribution is 5.78. The van der Waals surface area contributed by atoms with Gasteiger partial charge in [0.2, 0.25) is 5.91 Å². The van der Waals surface area contributed by atoms with Crippen molar-refractivity contribution in [3.63, 3.8) is 0 Å². The van der Waals surface area contributed by atoms with Gasteiger partial charge in [0.1, 0.15) is 0 Å². The minimum Gasteiger partial charge on any atom is -0.481 e. The van der Waals surface area contributed by atoms with Crippen LogP contribution in [-0.2, 0) is 19.1 Å². The van der Waals surface area contributed by atoms with Gasteiger partial charge in [-0.15, -0.1) is 0 Å². The van der Waals surface area contributed by atoms with Crippen LogP contribution in [0.4, 0.5) is 0 Å². The lowest BCUT2D eigenvalue weighted by atomic mass is 9.69. The fourth-order valence-electron chi connectivity index (χ4n) is 2.98. The number of amides is 1. The maximum atomic E-state index is 12.3. The molecule has 0 spiro atoms. The van der Waals surface area contributed by atoms with Gasteiger partial charge in [-0.3, -0.25) is 14.4 Å². The molecule has 0 aromatic heterocycles. The van der Waals surface area contributed by atoms with E-state index in [0.29, 0.717) is 6.54 Å². The van der Waals surface area contributed by atoms with Crippen molar-refractivity contribution in [3.05, 3.63) is 0 Å². The van der Waals surface area contributed by atoms with E-state index in [1.54, 1.807) is 7.05 Å². The first-order valence-corrected chi connectivity index (χ1v) is 7.41. The standard InChI is InChI=1S/C15H25NO5/c1-16(9-6-14(20)21-2)12(17)10-15(11-13(18)19)7-4-3-5-8-15/h3-11H2,1-2H3,(H,18,19). The number of hydrogen-bond acceptors (Lipinski definition) is 4. The number of rotatable bonds is 7. The molecule has 0 aromatic carbocycles. The van der Waals surface area contributed by atoms with Gasteiger partial charge in [-0.05, 0) is 18.3 Å². The molecule has 1 rings (SSSR count). The summed E-state index contributed by atoms with van der Waals surface area (Å²) in [6.45, 7) is 0.300. The van der Waals surface area contributed by atoms with Crippen LogP contribution in [0.2, 0.25) is 0 Å². The first kappa shape index (κ1) is 17.5. The van der Waals surface area contributed by atoms with Crippen molar-refractivity contribution in [1.29, 1.82) is 0 Å². The molecule has 1 N–H and O–H groups in total. The summed E-state index contributed by atoms with van der Waals surface area (Å²) < 4.78 is 4.55. The molecule has 0 unspecified atom stereocenters. The quantitative estimate of drug-likeness (QED) is 0.725. The molecule has 21 heavy (non-hydrogen) atoms. The van der Waals surface area contributed by atoms with E-state index >= 15 is 0 Å². The molecule has 0 aliphatic heterocycles. The maximum Gasteiger partial charge on any atom is 0.307 e. The Morgan fingerprint density at radius 3 is 2.29 bits per heavy atom. The lowest BCUT2D eigenvalue weighted by Gasteiger charge is -2.36. The molecule has 0 aromatic rings. The number of esters is 1. The van der Waals surface area contributed by atoms with E-state index in [9.17, 15) is 14.4 Å². The Hall–Kier alpha value is -1.59. The average molecular weight is 299 g/mol. The number of nitrogens with zero attached hydrogens (tertiary/aromatic N) is 1. The maximum absolute atomic E-state index is 12.3. The highest BCUT2D eigenvalue weighted by Crippen LogP contribution is 2.42. The summed E-state index contributed by atoms with van der Waals surface area (Å²) in [6, 6.07) is 0. The van der Waals surface area contributed by atoms with E-state index in [-0.39, 0.29) is 31.1 Å². The summed E-state index contributed by atoms with van der Waals surface area (Å²) >= 11 is 0. The van der Waals surface area contributed by atoms with Crippen LogP contribution >= 0.6 is 0 Å². The zero-order chi connectivity index (χ0) is 15.9. The van der Waals surface area contributed by atoms with Crippen molar-refractivity contribution >= 4 is 17.8 Å². The molecule has 6 nitrogen and oxygen atoms in total. The molecule has 6 heteroatoms. The Morgan fingerprint density at radius 2 is 1.76 bits per heavy atom. The van der Waals surface area contributed by atoms with E-state index in [2.05, 4.69) is 4.74 Å². The normalized spacial score (nSPS) is 17.0. The van der Waals surface area contributed by atoms with Crippen molar-refractivity contribution in [2.45, 2.75) is 51.4 Å². The number of aliphatic carboxylic acids is 1. The van der Waals surface area contributed by atoms with E-state index in [4.69, 9.17) is 5.11 Å². The summed E-state index contributed by atoms with van der Waals surface area (Å²) in [5, 5.41) is 9.10. The second kappa shape index (κ2) is 8.00. The number of methoxy groups -OCH3 is 1. The molecule has 0 radical (unpaired) electrons. The molecule has 1 amide bonds. The smallest absolute Gasteiger partial charge is 0.307 e.